The Kier molecular flexibility index (Phi) is 13.3. The summed E-state index contributed by atoms with van der Waals surface area (Å²) in [6.07, 6.45) is 4.62. The van der Waals surface area contributed by atoms with Crippen LogP contribution in [0.3, 0.4) is 0 Å². The van der Waals surface area contributed by atoms with Crippen molar-refractivity contribution in [2.24, 2.45) is 0 Å². The molecule has 2 aromatic heterocycles. The third kappa shape index (κ3) is 10.4. The van der Waals surface area contributed by atoms with E-state index in [9.17, 15) is 19.2 Å². The number of aromatic nitrogens is 2. The molecule has 14 nitrogen and oxygen atoms in total. The van der Waals surface area contributed by atoms with E-state index in [-0.39, 0.29) is 11.8 Å². The van der Waals surface area contributed by atoms with Gasteiger partial charge in [0.15, 0.2) is 0 Å². The maximum absolute atomic E-state index is 13.2. The number of rotatable bonds is 10. The molecule has 14 heteroatoms. The number of ether oxygens (including phenoxy) is 2. The van der Waals surface area contributed by atoms with Gasteiger partial charge in [0.05, 0.1) is 26.4 Å². The minimum Gasteiger partial charge on any atom is -0.378 e. The fourth-order valence-corrected chi connectivity index (χ4v) is 7.14. The van der Waals surface area contributed by atoms with E-state index in [4.69, 9.17) is 9.47 Å². The molecular weight excluding hydrogens is 737 g/mol. The lowest BCUT2D eigenvalue weighted by molar-refractivity contribution is -0.137. The van der Waals surface area contributed by atoms with Crippen LogP contribution in [0, 0.1) is 0 Å². The van der Waals surface area contributed by atoms with E-state index >= 15 is 0 Å². The summed E-state index contributed by atoms with van der Waals surface area (Å²) in [6, 6.07) is 32.1. The number of amides is 6. The van der Waals surface area contributed by atoms with Crippen molar-refractivity contribution >= 4 is 57.1 Å². The lowest BCUT2D eigenvalue weighted by atomic mass is 10.0. The van der Waals surface area contributed by atoms with E-state index in [2.05, 4.69) is 31.2 Å². The summed E-state index contributed by atoms with van der Waals surface area (Å²) in [5.41, 5.74) is 5.35. The lowest BCUT2D eigenvalue weighted by Gasteiger charge is -2.30. The van der Waals surface area contributed by atoms with Crippen LogP contribution in [0.4, 0.5) is 21.0 Å². The van der Waals surface area contributed by atoms with Gasteiger partial charge in [-0.25, -0.2) is 9.59 Å². The maximum atomic E-state index is 13.2. The van der Waals surface area contributed by atoms with Gasteiger partial charge in [0.2, 0.25) is 11.8 Å². The first-order chi connectivity index (χ1) is 28.4. The molecule has 0 aliphatic carbocycles. The van der Waals surface area contributed by atoms with Gasteiger partial charge in [-0.2, -0.15) is 0 Å². The fraction of sp³-hybridized carbons (Fsp3) is 0.273. The molecule has 58 heavy (non-hydrogen) atoms. The molecular formula is C44H48N8O6. The van der Waals surface area contributed by atoms with Gasteiger partial charge in [0.1, 0.15) is 12.1 Å². The summed E-state index contributed by atoms with van der Waals surface area (Å²) in [5.74, 6) is -0.191. The average Bonchev–Trinajstić information content (AvgIpc) is 3.88. The average molecular weight is 785 g/mol. The summed E-state index contributed by atoms with van der Waals surface area (Å²) in [7, 11) is 0. The number of H-pyrrole nitrogens is 2. The number of hydrogen-bond acceptors (Lipinski definition) is 6. The molecule has 2 atom stereocenters. The van der Waals surface area contributed by atoms with E-state index in [0.717, 1.165) is 32.9 Å². The van der Waals surface area contributed by atoms with Crippen LogP contribution in [0.2, 0.25) is 0 Å². The Morgan fingerprint density at radius 2 is 0.879 bits per heavy atom. The zero-order chi connectivity index (χ0) is 40.1. The molecule has 6 amide bonds. The monoisotopic (exact) mass is 784 g/mol. The Balaban J connectivity index is 0.000000177. The second-order valence-corrected chi connectivity index (χ2v) is 14.0. The number of nitrogens with one attached hydrogen (secondary N) is 6. The molecule has 4 heterocycles. The second-order valence-electron chi connectivity index (χ2n) is 14.0. The third-order valence-corrected chi connectivity index (χ3v) is 10.1. The van der Waals surface area contributed by atoms with E-state index < -0.39 is 24.1 Å². The van der Waals surface area contributed by atoms with Crippen LogP contribution in [0.1, 0.15) is 11.1 Å². The van der Waals surface area contributed by atoms with Crippen molar-refractivity contribution in [1.82, 2.24) is 30.4 Å². The zero-order valence-electron chi connectivity index (χ0n) is 32.1. The first-order valence-electron chi connectivity index (χ1n) is 19.5. The van der Waals surface area contributed by atoms with Crippen molar-refractivity contribution < 1.29 is 28.7 Å². The number of hydrogen-bond donors (Lipinski definition) is 6. The highest BCUT2D eigenvalue weighted by Crippen LogP contribution is 2.22. The summed E-state index contributed by atoms with van der Waals surface area (Å²) in [5, 5.41) is 13.4. The van der Waals surface area contributed by atoms with Crippen LogP contribution in [0.15, 0.2) is 122 Å². The van der Waals surface area contributed by atoms with E-state index in [1.54, 1.807) is 34.1 Å². The number of para-hydroxylation sites is 4. The standard InChI is InChI=1S/2C22H24N4O3/c2*27-21(26-10-12-29-13-11-26)20(25-22(28)24-17-6-2-1-3-7-17)14-16-15-23-19-9-5-4-8-18(16)19/h2*1-9,15,20,23H,10-14H2,(H2,24,25,28)/t2*20-/m00/s1. The topological polar surface area (TPSA) is 173 Å². The van der Waals surface area contributed by atoms with Gasteiger partial charge in [0.25, 0.3) is 0 Å². The molecule has 8 rings (SSSR count). The molecule has 0 unspecified atom stereocenters. The summed E-state index contributed by atoms with van der Waals surface area (Å²) in [6.45, 7) is 4.19. The number of nitrogens with zero attached hydrogens (tertiary/aromatic N) is 2. The summed E-state index contributed by atoms with van der Waals surface area (Å²) in [4.78, 5) is 61.5. The fourth-order valence-electron chi connectivity index (χ4n) is 7.14. The molecule has 6 aromatic rings. The Morgan fingerprint density at radius 1 is 0.517 bits per heavy atom. The molecule has 2 aliphatic heterocycles. The van der Waals surface area contributed by atoms with Gasteiger partial charge in [0, 0.05) is 84.6 Å². The molecule has 2 aliphatic rings. The van der Waals surface area contributed by atoms with Crippen LogP contribution < -0.4 is 21.3 Å². The number of aromatic amines is 2. The molecule has 2 fully saturated rings. The van der Waals surface area contributed by atoms with Gasteiger partial charge in [-0.05, 0) is 47.5 Å². The summed E-state index contributed by atoms with van der Waals surface area (Å²) >= 11 is 0. The first-order valence-corrected chi connectivity index (χ1v) is 19.5. The molecule has 0 radical (unpaired) electrons. The first kappa shape index (κ1) is 39.6. The van der Waals surface area contributed by atoms with Crippen LogP contribution in [0.25, 0.3) is 21.8 Å². The molecule has 4 aromatic carbocycles. The smallest absolute Gasteiger partial charge is 0.319 e. The van der Waals surface area contributed by atoms with Crippen molar-refractivity contribution in [3.63, 3.8) is 0 Å². The van der Waals surface area contributed by atoms with Gasteiger partial charge in [-0.1, -0.05) is 72.8 Å². The highest BCUT2D eigenvalue weighted by molar-refractivity contribution is 5.95. The second kappa shape index (κ2) is 19.5. The van der Waals surface area contributed by atoms with E-state index in [0.29, 0.717) is 76.8 Å². The predicted octanol–water partition coefficient (Wildman–Crippen LogP) is 5.52. The third-order valence-electron chi connectivity index (χ3n) is 10.1. The molecule has 2 saturated heterocycles. The molecule has 0 spiro atoms. The van der Waals surface area contributed by atoms with Crippen LogP contribution in [-0.2, 0) is 31.9 Å². The van der Waals surface area contributed by atoms with Crippen molar-refractivity contribution in [1.29, 1.82) is 0 Å². The molecule has 300 valence electrons. The Morgan fingerprint density at radius 3 is 1.28 bits per heavy atom. The Labute approximate surface area is 336 Å². The van der Waals surface area contributed by atoms with Crippen LogP contribution in [0.5, 0.6) is 0 Å². The van der Waals surface area contributed by atoms with Gasteiger partial charge >= 0.3 is 12.1 Å². The lowest BCUT2D eigenvalue weighted by Crippen LogP contribution is -2.53. The van der Waals surface area contributed by atoms with E-state index in [1.165, 1.54) is 0 Å². The van der Waals surface area contributed by atoms with Crippen LogP contribution in [-0.4, -0.2) is 108 Å². The predicted molar refractivity (Wildman–Crippen MR) is 224 cm³/mol. The van der Waals surface area contributed by atoms with Gasteiger partial charge in [-0.15, -0.1) is 0 Å². The molecule has 6 N–H and O–H groups in total. The highest BCUT2D eigenvalue weighted by atomic mass is 16.5. The minimum atomic E-state index is -0.670. The Bertz CT molecular complexity index is 2120. The largest absolute Gasteiger partial charge is 0.378 e. The SMILES string of the molecule is O=C(Nc1ccccc1)N[C@@H](Cc1c[nH]c2ccccc12)C(=O)N1CCOCC1.O=C(Nc1ccccc1)N[C@@H](Cc1c[nH]c2ccccc12)C(=O)N1CCOCC1. The van der Waals surface area contributed by atoms with Crippen LogP contribution >= 0.6 is 0 Å². The zero-order valence-corrected chi connectivity index (χ0v) is 32.1. The van der Waals surface area contributed by atoms with Crippen molar-refractivity contribution in [3.8, 4) is 0 Å². The van der Waals surface area contributed by atoms with Gasteiger partial charge in [-0.3, -0.25) is 9.59 Å². The highest BCUT2D eigenvalue weighted by Gasteiger charge is 2.30. The molecule has 0 saturated carbocycles. The normalized spacial score (nSPS) is 15.1. The Hall–Kier alpha value is -6.64. The molecule has 0 bridgehead atoms. The summed E-state index contributed by atoms with van der Waals surface area (Å²) < 4.78 is 10.7. The van der Waals surface area contributed by atoms with Crippen molar-refractivity contribution in [3.05, 3.63) is 133 Å². The van der Waals surface area contributed by atoms with Crippen molar-refractivity contribution in [2.45, 2.75) is 24.9 Å². The number of benzene rings is 4. The number of anilines is 2. The van der Waals surface area contributed by atoms with Gasteiger partial charge < -0.3 is 50.5 Å². The quantitative estimate of drug-likeness (QED) is 0.107. The number of carbonyl (C=O) groups is 4. The van der Waals surface area contributed by atoms with E-state index in [1.807, 2.05) is 97.3 Å². The number of fused-ring (bicyclic) bond motifs is 2. The van der Waals surface area contributed by atoms with Crippen molar-refractivity contribution in [2.75, 3.05) is 63.2 Å². The minimum absolute atomic E-state index is 0.0956. The number of carbonyl (C=O) groups excluding carboxylic acids is 4. The number of urea groups is 2. The maximum Gasteiger partial charge on any atom is 0.319 e. The number of morpholine rings is 2.